The molecule has 2 aliphatic rings. The molecular weight excluding hydrogens is 314 g/mol. The van der Waals surface area contributed by atoms with Crippen molar-refractivity contribution in [1.82, 2.24) is 15.2 Å². The van der Waals surface area contributed by atoms with E-state index >= 15 is 0 Å². The summed E-state index contributed by atoms with van der Waals surface area (Å²) in [5.41, 5.74) is 2.54. The molecule has 2 aromatic rings. The number of para-hydroxylation sites is 1. The van der Waals surface area contributed by atoms with E-state index in [2.05, 4.69) is 45.7 Å². The van der Waals surface area contributed by atoms with Crippen molar-refractivity contribution in [2.24, 2.45) is 5.92 Å². The first-order chi connectivity index (χ1) is 12.3. The molecular formula is C20H27N3O2. The number of fused-ring (bicyclic) bond motifs is 1. The van der Waals surface area contributed by atoms with Crippen molar-refractivity contribution >= 4 is 16.8 Å². The van der Waals surface area contributed by atoms with E-state index in [1.807, 2.05) is 0 Å². The van der Waals surface area contributed by atoms with Gasteiger partial charge >= 0.3 is 0 Å². The minimum atomic E-state index is 0.153. The normalized spacial score (nSPS) is 22.5. The number of carbonyl (C=O) groups is 1. The molecule has 2 fully saturated rings. The van der Waals surface area contributed by atoms with Crippen LogP contribution in [0.1, 0.15) is 31.2 Å². The first kappa shape index (κ1) is 16.6. The van der Waals surface area contributed by atoms with Crippen molar-refractivity contribution in [2.45, 2.75) is 38.3 Å². The lowest BCUT2D eigenvalue weighted by Crippen LogP contribution is -2.42. The van der Waals surface area contributed by atoms with Gasteiger partial charge in [-0.2, -0.15) is 0 Å². The third-order valence-electron chi connectivity index (χ3n) is 5.56. The van der Waals surface area contributed by atoms with Gasteiger partial charge in [-0.1, -0.05) is 18.2 Å². The number of piperidine rings is 1. The molecule has 0 unspecified atom stereocenters. The van der Waals surface area contributed by atoms with E-state index in [1.54, 1.807) is 0 Å². The Balaban J connectivity index is 1.26. The highest BCUT2D eigenvalue weighted by atomic mass is 16.5. The predicted molar refractivity (Wildman–Crippen MR) is 98.3 cm³/mol. The number of benzene rings is 1. The Morgan fingerprint density at radius 2 is 2.08 bits per heavy atom. The fraction of sp³-hybridized carbons (Fsp3) is 0.550. The molecule has 1 aromatic carbocycles. The molecule has 3 heterocycles. The molecule has 1 aromatic heterocycles. The maximum absolute atomic E-state index is 12.4. The minimum absolute atomic E-state index is 0.153. The molecule has 0 spiro atoms. The molecule has 5 nitrogen and oxygen atoms in total. The number of nitrogens with zero attached hydrogens (tertiary/aromatic N) is 1. The van der Waals surface area contributed by atoms with Crippen LogP contribution in [0.25, 0.3) is 10.9 Å². The van der Waals surface area contributed by atoms with E-state index in [0.29, 0.717) is 6.54 Å². The minimum Gasteiger partial charge on any atom is -0.376 e. The summed E-state index contributed by atoms with van der Waals surface area (Å²) in [5.74, 6) is 0.364. The average Bonchev–Trinajstić information content (AvgIpc) is 3.31. The number of hydrogen-bond acceptors (Lipinski definition) is 3. The van der Waals surface area contributed by atoms with E-state index < -0.39 is 0 Å². The Morgan fingerprint density at radius 3 is 2.88 bits per heavy atom. The van der Waals surface area contributed by atoms with E-state index in [9.17, 15) is 4.79 Å². The number of likely N-dealkylation sites (tertiary alicyclic amines) is 1. The number of hydrogen-bond donors (Lipinski definition) is 2. The third-order valence-corrected chi connectivity index (χ3v) is 5.56. The highest BCUT2D eigenvalue weighted by Crippen LogP contribution is 2.23. The Bertz CT molecular complexity index is 713. The smallest absolute Gasteiger partial charge is 0.223 e. The van der Waals surface area contributed by atoms with Gasteiger partial charge in [0.1, 0.15) is 0 Å². The van der Waals surface area contributed by atoms with E-state index in [1.165, 1.54) is 16.5 Å². The van der Waals surface area contributed by atoms with Gasteiger partial charge in [-0.05, 0) is 50.4 Å². The highest BCUT2D eigenvalue weighted by molar-refractivity contribution is 5.83. The van der Waals surface area contributed by atoms with Crippen LogP contribution < -0.4 is 5.32 Å². The van der Waals surface area contributed by atoms with Gasteiger partial charge in [0, 0.05) is 42.7 Å². The molecule has 1 atom stereocenters. The Morgan fingerprint density at radius 1 is 1.24 bits per heavy atom. The van der Waals surface area contributed by atoms with Crippen LogP contribution in [0.15, 0.2) is 30.5 Å². The number of H-pyrrole nitrogens is 1. The van der Waals surface area contributed by atoms with Crippen LogP contribution in [0.5, 0.6) is 0 Å². The number of ether oxygens (including phenoxy) is 1. The Kier molecular flexibility index (Phi) is 5.04. The van der Waals surface area contributed by atoms with Crippen LogP contribution in [0.2, 0.25) is 0 Å². The molecule has 4 rings (SSSR count). The highest BCUT2D eigenvalue weighted by Gasteiger charge is 2.26. The first-order valence-electron chi connectivity index (χ1n) is 9.46. The van der Waals surface area contributed by atoms with Gasteiger partial charge in [0.2, 0.25) is 5.91 Å². The molecule has 25 heavy (non-hydrogen) atoms. The van der Waals surface area contributed by atoms with Gasteiger partial charge < -0.3 is 15.0 Å². The summed E-state index contributed by atoms with van der Waals surface area (Å²) in [7, 11) is 0. The first-order valence-corrected chi connectivity index (χ1v) is 9.46. The molecule has 1 amide bonds. The van der Waals surface area contributed by atoms with E-state index in [-0.39, 0.29) is 17.9 Å². The second-order valence-corrected chi connectivity index (χ2v) is 7.29. The molecule has 134 valence electrons. The van der Waals surface area contributed by atoms with Gasteiger partial charge in [0.25, 0.3) is 0 Å². The zero-order valence-corrected chi connectivity index (χ0v) is 14.7. The summed E-state index contributed by atoms with van der Waals surface area (Å²) in [6.07, 6.45) is 6.42. The number of aromatic nitrogens is 1. The summed E-state index contributed by atoms with van der Waals surface area (Å²) in [5, 5.41) is 4.40. The van der Waals surface area contributed by atoms with Crippen molar-refractivity contribution in [2.75, 3.05) is 26.2 Å². The lowest BCUT2D eigenvalue weighted by Gasteiger charge is -2.31. The van der Waals surface area contributed by atoms with E-state index in [4.69, 9.17) is 4.74 Å². The maximum Gasteiger partial charge on any atom is 0.223 e. The topological polar surface area (TPSA) is 57.4 Å². The standard InChI is InChI=1S/C20H27N3O2/c24-20(22-13-17-4-3-11-25-17)15-7-9-23(10-8-15)14-16-12-21-19-6-2-1-5-18(16)19/h1-2,5-6,12,15,17,21H,3-4,7-11,13-14H2,(H,22,24)/t17-/m0/s1. The van der Waals surface area contributed by atoms with Gasteiger partial charge in [-0.15, -0.1) is 0 Å². The van der Waals surface area contributed by atoms with Crippen LogP contribution in [0.3, 0.4) is 0 Å². The Labute approximate surface area is 148 Å². The molecule has 2 aliphatic heterocycles. The summed E-state index contributed by atoms with van der Waals surface area (Å²) in [6.45, 7) is 4.43. The zero-order valence-electron chi connectivity index (χ0n) is 14.7. The molecule has 0 radical (unpaired) electrons. The van der Waals surface area contributed by atoms with Gasteiger partial charge in [-0.3, -0.25) is 9.69 Å². The monoisotopic (exact) mass is 341 g/mol. The van der Waals surface area contributed by atoms with Crippen molar-refractivity contribution in [3.8, 4) is 0 Å². The number of rotatable bonds is 5. The summed E-state index contributed by atoms with van der Waals surface area (Å²) in [6, 6.07) is 8.43. The molecule has 5 heteroatoms. The number of amides is 1. The number of nitrogens with one attached hydrogen (secondary N) is 2. The van der Waals surface area contributed by atoms with Crippen LogP contribution in [0.4, 0.5) is 0 Å². The zero-order chi connectivity index (χ0) is 17.1. The van der Waals surface area contributed by atoms with Gasteiger partial charge in [0.15, 0.2) is 0 Å². The van der Waals surface area contributed by atoms with Crippen molar-refractivity contribution in [1.29, 1.82) is 0 Å². The lowest BCUT2D eigenvalue weighted by atomic mass is 9.95. The molecule has 0 bridgehead atoms. The summed E-state index contributed by atoms with van der Waals surface area (Å²) >= 11 is 0. The van der Waals surface area contributed by atoms with Crippen molar-refractivity contribution in [3.63, 3.8) is 0 Å². The summed E-state index contributed by atoms with van der Waals surface area (Å²) in [4.78, 5) is 18.2. The second kappa shape index (κ2) is 7.58. The van der Waals surface area contributed by atoms with Crippen LogP contribution in [-0.4, -0.2) is 48.1 Å². The summed E-state index contributed by atoms with van der Waals surface area (Å²) < 4.78 is 5.58. The Hall–Kier alpha value is -1.85. The molecule has 2 saturated heterocycles. The average molecular weight is 341 g/mol. The van der Waals surface area contributed by atoms with Crippen LogP contribution in [-0.2, 0) is 16.1 Å². The fourth-order valence-electron chi connectivity index (χ4n) is 4.02. The van der Waals surface area contributed by atoms with Crippen LogP contribution in [0, 0.1) is 5.92 Å². The van der Waals surface area contributed by atoms with Gasteiger partial charge in [-0.25, -0.2) is 0 Å². The second-order valence-electron chi connectivity index (χ2n) is 7.29. The lowest BCUT2D eigenvalue weighted by molar-refractivity contribution is -0.127. The molecule has 0 aliphatic carbocycles. The fourth-order valence-corrected chi connectivity index (χ4v) is 4.02. The van der Waals surface area contributed by atoms with Crippen molar-refractivity contribution < 1.29 is 9.53 Å². The van der Waals surface area contributed by atoms with Crippen molar-refractivity contribution in [3.05, 3.63) is 36.0 Å². The van der Waals surface area contributed by atoms with E-state index in [0.717, 1.165) is 51.9 Å². The maximum atomic E-state index is 12.4. The predicted octanol–water partition coefficient (Wildman–Crippen LogP) is 2.68. The largest absolute Gasteiger partial charge is 0.376 e. The quantitative estimate of drug-likeness (QED) is 0.879. The molecule has 0 saturated carbocycles. The van der Waals surface area contributed by atoms with Crippen LogP contribution >= 0.6 is 0 Å². The number of carbonyl (C=O) groups excluding carboxylic acids is 1. The number of aromatic amines is 1. The molecule has 2 N–H and O–H groups in total. The third kappa shape index (κ3) is 3.88. The van der Waals surface area contributed by atoms with Gasteiger partial charge in [0.05, 0.1) is 6.10 Å². The SMILES string of the molecule is O=C(NC[C@@H]1CCCO1)C1CCN(Cc2c[nH]c3ccccc23)CC1.